The van der Waals surface area contributed by atoms with Gasteiger partial charge in [-0.05, 0) is 128 Å². The lowest BCUT2D eigenvalue weighted by atomic mass is 9.43. The number of furan rings is 1. The summed E-state index contributed by atoms with van der Waals surface area (Å²) in [7, 11) is 0. The van der Waals surface area contributed by atoms with Crippen LogP contribution in [-0.2, 0) is 16.2 Å². The monoisotopic (exact) mass is 792 g/mol. The third-order valence-electron chi connectivity index (χ3n) is 14.3. The highest BCUT2D eigenvalue weighted by atomic mass is 16.5. The third kappa shape index (κ3) is 5.25. The van der Waals surface area contributed by atoms with Gasteiger partial charge in [0.25, 0.3) is 0 Å². The largest absolute Gasteiger partial charge is 0.453 e. The molecule has 0 radical (unpaired) electrons. The highest BCUT2D eigenvalue weighted by molar-refractivity contribution is 6.95. The topological polar surface area (TPSA) is 28.9 Å². The van der Waals surface area contributed by atoms with Crippen molar-refractivity contribution in [3.63, 3.8) is 0 Å². The number of nitrogens with zero attached hydrogens (tertiary/aromatic N) is 2. The lowest BCUT2D eigenvalue weighted by Gasteiger charge is -2.46. The van der Waals surface area contributed by atoms with Crippen LogP contribution >= 0.6 is 0 Å². The molecule has 4 aliphatic rings. The van der Waals surface area contributed by atoms with E-state index in [1.807, 2.05) is 0 Å². The number of fused-ring (bicyclic) bond motifs is 9. The molecule has 4 nitrogen and oxygen atoms in total. The first-order valence-electron chi connectivity index (χ1n) is 21.9. The normalized spacial score (nSPS) is 16.3. The molecule has 0 saturated heterocycles. The Morgan fingerprint density at radius 1 is 0.541 bits per heavy atom. The first kappa shape index (κ1) is 36.4. The summed E-state index contributed by atoms with van der Waals surface area (Å²) >= 11 is 0. The van der Waals surface area contributed by atoms with Crippen LogP contribution in [-0.4, -0.2) is 6.85 Å². The van der Waals surface area contributed by atoms with Gasteiger partial charge in [-0.1, -0.05) is 139 Å². The second-order valence-corrected chi connectivity index (χ2v) is 20.0. The van der Waals surface area contributed by atoms with Gasteiger partial charge in [0.2, 0.25) is 5.88 Å². The molecule has 0 saturated carbocycles. The predicted molar refractivity (Wildman–Crippen MR) is 255 cm³/mol. The standard InChI is InChI=1S/C56H49BN2O2/c1-54(2,3)37-25-26-44(39(31-37)35-19-12-9-13-20-35)58-46-30-36(34-17-10-8-11-18-34)29-40-38-21-16-24-48-52(38)59(45-22-14-15-23-47(45)60-48)57(50(40)46)51-41-32-42-43(33-49(41)61-53(51)58)56(6,7)28-27-55(42,4)5/h8-26,29-33H,27-28H2,1-7H3. The zero-order chi connectivity index (χ0) is 41.6. The summed E-state index contributed by atoms with van der Waals surface area (Å²) in [5.41, 5.74) is 18.9. The molecule has 298 valence electrons. The Labute approximate surface area is 359 Å². The van der Waals surface area contributed by atoms with E-state index >= 15 is 0 Å². The summed E-state index contributed by atoms with van der Waals surface area (Å²) in [5, 5.41) is 1.18. The Balaban J connectivity index is 1.26. The van der Waals surface area contributed by atoms with Crippen molar-refractivity contribution in [3.05, 3.63) is 162 Å². The Morgan fingerprint density at radius 2 is 1.21 bits per heavy atom. The van der Waals surface area contributed by atoms with Crippen molar-refractivity contribution in [2.24, 2.45) is 0 Å². The number of benzene rings is 7. The van der Waals surface area contributed by atoms with Crippen LogP contribution in [0.5, 0.6) is 11.5 Å². The summed E-state index contributed by atoms with van der Waals surface area (Å²) in [4.78, 5) is 5.04. The second-order valence-electron chi connectivity index (χ2n) is 20.0. The Bertz CT molecular complexity index is 3120. The molecule has 0 unspecified atom stereocenters. The van der Waals surface area contributed by atoms with Gasteiger partial charge in [0, 0.05) is 27.7 Å². The molecule has 3 aliphatic heterocycles. The molecule has 61 heavy (non-hydrogen) atoms. The van der Waals surface area contributed by atoms with Gasteiger partial charge < -0.3 is 14.0 Å². The SMILES string of the molecule is CC(C)(C)c1ccc(N2c3cc(-c4ccccc4)cc4c3B(c3c2oc2cc5c(cc32)C(C)(C)CCC5(C)C)N2c3ccccc3Oc3cccc-4c32)c(-c2ccccc2)c1. The minimum atomic E-state index is -0.201. The van der Waals surface area contributed by atoms with Crippen LogP contribution in [0.4, 0.5) is 28.6 Å². The van der Waals surface area contributed by atoms with Crippen LogP contribution in [0.15, 0.2) is 150 Å². The average Bonchev–Trinajstić information content (AvgIpc) is 3.64. The first-order valence-corrected chi connectivity index (χ1v) is 21.9. The van der Waals surface area contributed by atoms with Crippen LogP contribution in [0, 0.1) is 0 Å². The molecule has 0 amide bonds. The van der Waals surface area contributed by atoms with E-state index in [9.17, 15) is 0 Å². The van der Waals surface area contributed by atoms with Crippen LogP contribution in [0.25, 0.3) is 44.3 Å². The smallest absolute Gasteiger partial charge is 0.337 e. The van der Waals surface area contributed by atoms with Gasteiger partial charge in [0.1, 0.15) is 11.3 Å². The lowest BCUT2D eigenvalue weighted by Crippen LogP contribution is -2.61. The van der Waals surface area contributed by atoms with Crippen LogP contribution in [0.3, 0.4) is 0 Å². The molecule has 4 heterocycles. The van der Waals surface area contributed by atoms with Crippen molar-refractivity contribution in [2.75, 3.05) is 9.71 Å². The van der Waals surface area contributed by atoms with Crippen molar-refractivity contribution in [1.29, 1.82) is 0 Å². The molecule has 5 heteroatoms. The van der Waals surface area contributed by atoms with Gasteiger partial charge in [-0.3, -0.25) is 4.90 Å². The minimum Gasteiger partial charge on any atom is -0.453 e. The number of para-hydroxylation sites is 3. The van der Waals surface area contributed by atoms with E-state index in [1.54, 1.807) is 0 Å². The van der Waals surface area contributed by atoms with Crippen molar-refractivity contribution in [3.8, 4) is 44.9 Å². The molecule has 7 aromatic carbocycles. The maximum absolute atomic E-state index is 7.56. The van der Waals surface area contributed by atoms with Gasteiger partial charge in [-0.15, -0.1) is 0 Å². The van der Waals surface area contributed by atoms with Gasteiger partial charge >= 0.3 is 6.85 Å². The fourth-order valence-electron chi connectivity index (χ4n) is 10.8. The first-order chi connectivity index (χ1) is 29.4. The minimum absolute atomic E-state index is 0.0202. The van der Waals surface area contributed by atoms with Crippen LogP contribution in [0.1, 0.15) is 78.0 Å². The van der Waals surface area contributed by atoms with Gasteiger partial charge in [-0.25, -0.2) is 0 Å². The molecule has 8 aromatic rings. The van der Waals surface area contributed by atoms with E-state index in [4.69, 9.17) is 9.15 Å². The number of rotatable bonds is 3. The molecule has 0 atom stereocenters. The molecule has 0 spiro atoms. The Hall–Kier alpha value is -6.46. The second kappa shape index (κ2) is 12.5. The van der Waals surface area contributed by atoms with E-state index in [-0.39, 0.29) is 23.1 Å². The maximum Gasteiger partial charge on any atom is 0.337 e. The number of hydrogen-bond donors (Lipinski definition) is 0. The van der Waals surface area contributed by atoms with Crippen molar-refractivity contribution in [2.45, 2.75) is 77.6 Å². The zero-order valence-corrected chi connectivity index (χ0v) is 36.1. The molecule has 12 rings (SSSR count). The maximum atomic E-state index is 7.56. The van der Waals surface area contributed by atoms with Crippen LogP contribution in [0.2, 0.25) is 0 Å². The van der Waals surface area contributed by atoms with Crippen molar-refractivity contribution in [1.82, 2.24) is 0 Å². The quantitative estimate of drug-likeness (QED) is 0.167. The average molecular weight is 793 g/mol. The number of ether oxygens (including phenoxy) is 1. The molecule has 0 bridgehead atoms. The van der Waals surface area contributed by atoms with E-state index in [2.05, 4.69) is 204 Å². The van der Waals surface area contributed by atoms with Crippen molar-refractivity contribution >= 4 is 57.4 Å². The van der Waals surface area contributed by atoms with Crippen LogP contribution < -0.4 is 25.4 Å². The third-order valence-corrected chi connectivity index (χ3v) is 14.3. The summed E-state index contributed by atoms with van der Waals surface area (Å²) in [6, 6.07) is 53.7. The lowest BCUT2D eigenvalue weighted by molar-refractivity contribution is 0.332. The Morgan fingerprint density at radius 3 is 1.95 bits per heavy atom. The van der Waals surface area contributed by atoms with Gasteiger partial charge in [-0.2, -0.15) is 0 Å². The molecule has 0 fully saturated rings. The molecule has 1 aromatic heterocycles. The van der Waals surface area contributed by atoms with E-state index in [0.29, 0.717) is 0 Å². The summed E-state index contributed by atoms with van der Waals surface area (Å²) in [6.45, 7) is 16.4. The summed E-state index contributed by atoms with van der Waals surface area (Å²) in [5.74, 6) is 2.60. The van der Waals surface area contributed by atoms with Gasteiger partial charge in [0.15, 0.2) is 5.75 Å². The molecular formula is C56H49BN2O2. The van der Waals surface area contributed by atoms with Gasteiger partial charge in [0.05, 0.1) is 17.1 Å². The van der Waals surface area contributed by atoms with E-state index < -0.39 is 0 Å². The zero-order valence-electron chi connectivity index (χ0n) is 36.1. The number of anilines is 5. The molecular weight excluding hydrogens is 743 g/mol. The highest BCUT2D eigenvalue weighted by Gasteiger charge is 2.51. The fraction of sp³-hybridized carbons (Fsp3) is 0.214. The molecule has 0 N–H and O–H groups in total. The Kier molecular flexibility index (Phi) is 7.49. The molecule has 1 aliphatic carbocycles. The summed E-state index contributed by atoms with van der Waals surface area (Å²) < 4.78 is 14.4. The van der Waals surface area contributed by atoms with E-state index in [0.717, 1.165) is 64.1 Å². The number of hydrogen-bond acceptors (Lipinski definition) is 4. The predicted octanol–water partition coefficient (Wildman–Crippen LogP) is 14.2. The fourth-order valence-corrected chi connectivity index (χ4v) is 10.8. The summed E-state index contributed by atoms with van der Waals surface area (Å²) in [6.07, 6.45) is 2.27. The van der Waals surface area contributed by atoms with E-state index in [1.165, 1.54) is 60.8 Å². The van der Waals surface area contributed by atoms with Crippen molar-refractivity contribution < 1.29 is 9.15 Å². The highest BCUT2D eigenvalue weighted by Crippen LogP contribution is 2.57.